The number of thioether (sulfide) groups is 1. The van der Waals surface area contributed by atoms with Gasteiger partial charge in [-0.05, 0) is 30.5 Å². The molecule has 0 radical (unpaired) electrons. The molecule has 0 saturated carbocycles. The first-order chi connectivity index (χ1) is 15.0. The van der Waals surface area contributed by atoms with Gasteiger partial charge in [-0.25, -0.2) is 0 Å². The fraction of sp³-hybridized carbons (Fsp3) is 0.417. The van der Waals surface area contributed by atoms with Crippen LogP contribution in [0.25, 0.3) is 0 Å². The van der Waals surface area contributed by atoms with Crippen molar-refractivity contribution in [1.29, 1.82) is 0 Å². The van der Waals surface area contributed by atoms with Crippen molar-refractivity contribution in [2.24, 2.45) is 0 Å². The summed E-state index contributed by atoms with van der Waals surface area (Å²) < 4.78 is 0. The maximum Gasteiger partial charge on any atom is 0.242 e. The Morgan fingerprint density at radius 3 is 2.32 bits per heavy atom. The summed E-state index contributed by atoms with van der Waals surface area (Å²) in [5, 5.41) is 3.94. The Hall–Kier alpha value is -1.69. The lowest BCUT2D eigenvalue weighted by atomic mass is 10.1. The molecule has 0 bridgehead atoms. The highest BCUT2D eigenvalue weighted by atomic mass is 35.5. The third kappa shape index (κ3) is 8.06. The van der Waals surface area contributed by atoms with Gasteiger partial charge in [0.1, 0.15) is 6.04 Å². The molecule has 168 valence electrons. The molecule has 0 spiro atoms. The summed E-state index contributed by atoms with van der Waals surface area (Å²) in [7, 11) is 0. The van der Waals surface area contributed by atoms with E-state index in [2.05, 4.69) is 12.2 Å². The third-order valence-electron chi connectivity index (χ3n) is 4.94. The molecule has 0 aliphatic heterocycles. The molecule has 0 aliphatic carbocycles. The van der Waals surface area contributed by atoms with Gasteiger partial charge in [0, 0.05) is 34.5 Å². The third-order valence-corrected chi connectivity index (χ3v) is 6.64. The second-order valence-electron chi connectivity index (χ2n) is 7.27. The zero-order valence-corrected chi connectivity index (χ0v) is 20.4. The van der Waals surface area contributed by atoms with Crippen LogP contribution in [0.2, 0.25) is 10.0 Å². The van der Waals surface area contributed by atoms with Gasteiger partial charge in [0.2, 0.25) is 11.8 Å². The van der Waals surface area contributed by atoms with Crippen molar-refractivity contribution in [2.45, 2.75) is 51.4 Å². The number of carbonyl (C=O) groups is 2. The van der Waals surface area contributed by atoms with E-state index in [1.54, 1.807) is 23.1 Å². The molecule has 0 heterocycles. The Morgan fingerprint density at radius 2 is 1.71 bits per heavy atom. The van der Waals surface area contributed by atoms with E-state index in [1.807, 2.05) is 37.3 Å². The number of rotatable bonds is 12. The number of hydrogen-bond donors (Lipinski definition) is 1. The van der Waals surface area contributed by atoms with E-state index in [-0.39, 0.29) is 24.1 Å². The zero-order chi connectivity index (χ0) is 22.6. The molecule has 0 unspecified atom stereocenters. The standard InChI is InChI=1S/C24H30Cl2N2O2S/c1-3-5-14-27-24(30)22(4-2)28(15-19-20(25)12-9-13-21(19)26)23(29)17-31-16-18-10-7-6-8-11-18/h6-13,22H,3-5,14-17H2,1-2H3,(H,27,30)/t22-/m1/s1. The number of hydrogen-bond acceptors (Lipinski definition) is 3. The molecule has 1 atom stereocenters. The summed E-state index contributed by atoms with van der Waals surface area (Å²) in [5.74, 6) is 0.762. The summed E-state index contributed by atoms with van der Waals surface area (Å²) in [4.78, 5) is 27.7. The number of nitrogens with zero attached hydrogens (tertiary/aromatic N) is 1. The van der Waals surface area contributed by atoms with Crippen LogP contribution in [0.4, 0.5) is 0 Å². The van der Waals surface area contributed by atoms with Crippen LogP contribution in [0, 0.1) is 0 Å². The molecule has 31 heavy (non-hydrogen) atoms. The molecular weight excluding hydrogens is 451 g/mol. The molecule has 0 aromatic heterocycles. The minimum absolute atomic E-state index is 0.102. The Kier molecular flexibility index (Phi) is 11.3. The van der Waals surface area contributed by atoms with Crippen LogP contribution in [-0.4, -0.2) is 35.1 Å². The average molecular weight is 481 g/mol. The lowest BCUT2D eigenvalue weighted by molar-refractivity contribution is -0.139. The number of unbranched alkanes of at least 4 members (excludes halogenated alkanes) is 1. The van der Waals surface area contributed by atoms with Crippen LogP contribution in [0.15, 0.2) is 48.5 Å². The molecule has 0 fully saturated rings. The van der Waals surface area contributed by atoms with Crippen molar-refractivity contribution in [1.82, 2.24) is 10.2 Å². The number of amides is 2. The fourth-order valence-electron chi connectivity index (χ4n) is 3.19. The summed E-state index contributed by atoms with van der Waals surface area (Å²) in [6.45, 7) is 4.78. The predicted octanol–water partition coefficient (Wildman–Crippen LogP) is 5.95. The predicted molar refractivity (Wildman–Crippen MR) is 132 cm³/mol. The van der Waals surface area contributed by atoms with Crippen molar-refractivity contribution in [2.75, 3.05) is 12.3 Å². The Morgan fingerprint density at radius 1 is 1.03 bits per heavy atom. The molecule has 7 heteroatoms. The van der Waals surface area contributed by atoms with E-state index in [1.165, 1.54) is 11.8 Å². The van der Waals surface area contributed by atoms with E-state index in [0.717, 1.165) is 24.2 Å². The Balaban J connectivity index is 2.16. The van der Waals surface area contributed by atoms with Crippen LogP contribution in [-0.2, 0) is 21.9 Å². The normalized spacial score (nSPS) is 11.7. The second-order valence-corrected chi connectivity index (χ2v) is 9.07. The van der Waals surface area contributed by atoms with Crippen molar-refractivity contribution < 1.29 is 9.59 Å². The lowest BCUT2D eigenvalue weighted by Crippen LogP contribution is -2.49. The van der Waals surface area contributed by atoms with Crippen molar-refractivity contribution in [3.05, 3.63) is 69.7 Å². The first kappa shape index (κ1) is 25.6. The van der Waals surface area contributed by atoms with Crippen molar-refractivity contribution >= 4 is 46.8 Å². The van der Waals surface area contributed by atoms with E-state index in [4.69, 9.17) is 23.2 Å². The summed E-state index contributed by atoms with van der Waals surface area (Å²) in [6.07, 6.45) is 2.40. The van der Waals surface area contributed by atoms with E-state index in [9.17, 15) is 9.59 Å². The van der Waals surface area contributed by atoms with E-state index in [0.29, 0.717) is 28.6 Å². The largest absolute Gasteiger partial charge is 0.354 e. The van der Waals surface area contributed by atoms with Gasteiger partial charge in [0.15, 0.2) is 0 Å². The summed E-state index contributed by atoms with van der Waals surface area (Å²) >= 11 is 14.3. The van der Waals surface area contributed by atoms with Gasteiger partial charge in [0.25, 0.3) is 0 Å². The lowest BCUT2D eigenvalue weighted by Gasteiger charge is -2.31. The molecule has 2 aromatic carbocycles. The van der Waals surface area contributed by atoms with Crippen LogP contribution in [0.1, 0.15) is 44.2 Å². The highest BCUT2D eigenvalue weighted by Gasteiger charge is 2.29. The number of nitrogens with one attached hydrogen (secondary N) is 1. The van der Waals surface area contributed by atoms with Crippen molar-refractivity contribution in [3.8, 4) is 0 Å². The van der Waals surface area contributed by atoms with Gasteiger partial charge >= 0.3 is 0 Å². The van der Waals surface area contributed by atoms with Gasteiger partial charge < -0.3 is 10.2 Å². The number of halogens is 2. The first-order valence-electron chi connectivity index (χ1n) is 10.6. The quantitative estimate of drug-likeness (QED) is 0.381. The highest BCUT2D eigenvalue weighted by Crippen LogP contribution is 2.27. The molecule has 2 amide bonds. The topological polar surface area (TPSA) is 49.4 Å². The Labute approximate surface area is 199 Å². The smallest absolute Gasteiger partial charge is 0.242 e. The zero-order valence-electron chi connectivity index (χ0n) is 18.1. The Bertz CT molecular complexity index is 828. The van der Waals surface area contributed by atoms with Gasteiger partial charge in [-0.3, -0.25) is 9.59 Å². The van der Waals surface area contributed by atoms with Gasteiger partial charge in [-0.15, -0.1) is 11.8 Å². The van der Waals surface area contributed by atoms with Crippen LogP contribution >= 0.6 is 35.0 Å². The van der Waals surface area contributed by atoms with E-state index < -0.39 is 6.04 Å². The van der Waals surface area contributed by atoms with E-state index >= 15 is 0 Å². The molecule has 1 N–H and O–H groups in total. The number of benzene rings is 2. The maximum absolute atomic E-state index is 13.2. The van der Waals surface area contributed by atoms with Gasteiger partial charge in [-0.1, -0.05) is 79.9 Å². The molecule has 0 saturated heterocycles. The SMILES string of the molecule is CCCCNC(=O)[C@@H](CC)N(Cc1c(Cl)cccc1Cl)C(=O)CSCc1ccccc1. The summed E-state index contributed by atoms with van der Waals surface area (Å²) in [5.41, 5.74) is 1.82. The minimum Gasteiger partial charge on any atom is -0.354 e. The van der Waals surface area contributed by atoms with Gasteiger partial charge in [-0.2, -0.15) is 0 Å². The summed E-state index contributed by atoms with van der Waals surface area (Å²) in [6, 6.07) is 14.7. The molecule has 2 aromatic rings. The fourth-order valence-corrected chi connectivity index (χ4v) is 4.58. The molecule has 0 aliphatic rings. The van der Waals surface area contributed by atoms with Gasteiger partial charge in [0.05, 0.1) is 5.75 Å². The first-order valence-corrected chi connectivity index (χ1v) is 12.5. The minimum atomic E-state index is -0.575. The monoisotopic (exact) mass is 480 g/mol. The number of carbonyl (C=O) groups excluding carboxylic acids is 2. The van der Waals surface area contributed by atoms with Crippen LogP contribution in [0.3, 0.4) is 0 Å². The van der Waals surface area contributed by atoms with Crippen molar-refractivity contribution in [3.63, 3.8) is 0 Å². The average Bonchev–Trinajstić information content (AvgIpc) is 2.76. The van der Waals surface area contributed by atoms with Crippen LogP contribution < -0.4 is 5.32 Å². The van der Waals surface area contributed by atoms with Crippen LogP contribution in [0.5, 0.6) is 0 Å². The second kappa shape index (κ2) is 13.7. The highest BCUT2D eigenvalue weighted by molar-refractivity contribution is 7.99. The molecular formula is C24H30Cl2N2O2S. The molecule has 2 rings (SSSR count). The molecule has 4 nitrogen and oxygen atoms in total. The maximum atomic E-state index is 13.2.